The van der Waals surface area contributed by atoms with Crippen molar-refractivity contribution in [1.29, 1.82) is 5.26 Å². The molecule has 4 rings (SSSR count). The minimum Gasteiger partial charge on any atom is -0.444 e. The molecule has 1 amide bonds. The van der Waals surface area contributed by atoms with Gasteiger partial charge in [-0.2, -0.15) is 5.26 Å². The number of carbonyl (C=O) groups is 1. The molecule has 1 aliphatic rings. The fourth-order valence-electron chi connectivity index (χ4n) is 4.45. The van der Waals surface area contributed by atoms with E-state index in [4.69, 9.17) is 4.74 Å². The van der Waals surface area contributed by atoms with Crippen molar-refractivity contribution in [3.05, 3.63) is 81.4 Å². The third kappa shape index (κ3) is 6.16. The summed E-state index contributed by atoms with van der Waals surface area (Å²) in [6.07, 6.45) is -1.25. The molecule has 0 bridgehead atoms. The quantitative estimate of drug-likeness (QED) is 0.387. The van der Waals surface area contributed by atoms with Crippen LogP contribution in [0.5, 0.6) is 0 Å². The van der Waals surface area contributed by atoms with E-state index in [1.54, 1.807) is 35.2 Å². The van der Waals surface area contributed by atoms with Crippen LogP contribution in [0.2, 0.25) is 0 Å². The number of rotatable bonds is 5. The molecule has 1 unspecified atom stereocenters. The number of nitro benzene ring substituents is 1. The highest BCUT2D eigenvalue weighted by Crippen LogP contribution is 2.31. The summed E-state index contributed by atoms with van der Waals surface area (Å²) in [6.45, 7) is 7.56. The van der Waals surface area contributed by atoms with Crippen LogP contribution in [0.1, 0.15) is 43.6 Å². The number of nitro groups is 1. The molecule has 9 heteroatoms. The second-order valence-corrected chi connectivity index (χ2v) is 10.2. The van der Waals surface area contributed by atoms with Gasteiger partial charge in [-0.25, -0.2) is 4.79 Å². The molecule has 1 aliphatic heterocycles. The average Bonchev–Trinajstić information content (AvgIpc) is 2.86. The molecule has 1 atom stereocenters. The van der Waals surface area contributed by atoms with Crippen molar-refractivity contribution in [2.24, 2.45) is 0 Å². The van der Waals surface area contributed by atoms with E-state index >= 15 is 0 Å². The summed E-state index contributed by atoms with van der Waals surface area (Å²) in [5, 5.41) is 33.7. The number of piperazine rings is 1. The average molecular weight is 503 g/mol. The Hall–Kier alpha value is -4.16. The van der Waals surface area contributed by atoms with Crippen LogP contribution >= 0.6 is 0 Å². The first-order chi connectivity index (χ1) is 17.5. The number of nitrogens with zero attached hydrogens (tertiary/aromatic N) is 4. The summed E-state index contributed by atoms with van der Waals surface area (Å²) in [5.74, 6) is 0. The van der Waals surface area contributed by atoms with Crippen molar-refractivity contribution in [1.82, 2.24) is 4.90 Å². The number of benzene rings is 3. The summed E-state index contributed by atoms with van der Waals surface area (Å²) in [6, 6.07) is 17.9. The molecule has 0 radical (unpaired) electrons. The fraction of sp³-hybridized carbons (Fsp3) is 0.357. The minimum absolute atomic E-state index is 0.0530. The molecule has 1 fully saturated rings. The van der Waals surface area contributed by atoms with Crippen LogP contribution < -0.4 is 4.90 Å². The second-order valence-electron chi connectivity index (χ2n) is 10.2. The lowest BCUT2D eigenvalue weighted by molar-refractivity contribution is -0.385. The Bertz CT molecular complexity index is 1370. The van der Waals surface area contributed by atoms with Crippen molar-refractivity contribution in [3.8, 4) is 6.07 Å². The first-order valence-electron chi connectivity index (χ1n) is 12.2. The van der Waals surface area contributed by atoms with Crippen molar-refractivity contribution in [2.75, 3.05) is 31.1 Å². The lowest BCUT2D eigenvalue weighted by Gasteiger charge is -2.36. The van der Waals surface area contributed by atoms with Crippen LogP contribution in [0.25, 0.3) is 10.8 Å². The first-order valence-corrected chi connectivity index (χ1v) is 12.2. The van der Waals surface area contributed by atoms with E-state index < -0.39 is 16.6 Å². The number of fused-ring (bicyclic) bond motifs is 1. The Balaban J connectivity index is 1.52. The van der Waals surface area contributed by atoms with Crippen LogP contribution in [0.4, 0.5) is 16.2 Å². The normalized spacial score (nSPS) is 14.8. The van der Waals surface area contributed by atoms with Gasteiger partial charge in [0, 0.05) is 49.9 Å². The molecule has 192 valence electrons. The lowest BCUT2D eigenvalue weighted by Crippen LogP contribution is -2.50. The predicted molar refractivity (Wildman–Crippen MR) is 140 cm³/mol. The van der Waals surface area contributed by atoms with Crippen LogP contribution in [-0.4, -0.2) is 52.8 Å². The maximum absolute atomic E-state index is 12.4. The second kappa shape index (κ2) is 10.4. The van der Waals surface area contributed by atoms with Gasteiger partial charge in [0.25, 0.3) is 5.69 Å². The van der Waals surface area contributed by atoms with Gasteiger partial charge in [-0.05, 0) is 67.4 Å². The fourth-order valence-corrected chi connectivity index (χ4v) is 4.45. The summed E-state index contributed by atoms with van der Waals surface area (Å²) < 4.78 is 5.45. The summed E-state index contributed by atoms with van der Waals surface area (Å²) in [5.41, 5.74) is 1.75. The van der Waals surface area contributed by atoms with Crippen molar-refractivity contribution in [3.63, 3.8) is 0 Å². The number of hydrogen-bond donors (Lipinski definition) is 1. The topological polar surface area (TPSA) is 120 Å². The van der Waals surface area contributed by atoms with Gasteiger partial charge in [0.05, 0.1) is 22.7 Å². The molecule has 0 aromatic heterocycles. The number of ether oxygens (including phenoxy) is 1. The third-order valence-corrected chi connectivity index (χ3v) is 6.35. The van der Waals surface area contributed by atoms with E-state index in [2.05, 4.69) is 11.0 Å². The van der Waals surface area contributed by atoms with Crippen LogP contribution in [-0.2, 0) is 11.2 Å². The van der Waals surface area contributed by atoms with Gasteiger partial charge in [-0.3, -0.25) is 10.1 Å². The number of hydrogen-bond acceptors (Lipinski definition) is 7. The number of amides is 1. The van der Waals surface area contributed by atoms with E-state index in [1.807, 2.05) is 39.0 Å². The highest BCUT2D eigenvalue weighted by atomic mass is 16.6. The molecular weight excluding hydrogens is 472 g/mol. The Morgan fingerprint density at radius 1 is 1.08 bits per heavy atom. The number of carbonyl (C=O) groups excluding carboxylic acids is 1. The zero-order valence-corrected chi connectivity index (χ0v) is 21.2. The molecule has 3 aromatic rings. The molecule has 0 saturated carbocycles. The van der Waals surface area contributed by atoms with Crippen molar-refractivity contribution >= 4 is 28.2 Å². The zero-order valence-electron chi connectivity index (χ0n) is 21.2. The largest absolute Gasteiger partial charge is 0.444 e. The van der Waals surface area contributed by atoms with Crippen LogP contribution in [0.15, 0.2) is 54.6 Å². The maximum atomic E-state index is 12.4. The minimum atomic E-state index is -0.965. The molecule has 37 heavy (non-hydrogen) atoms. The molecule has 3 aromatic carbocycles. The maximum Gasteiger partial charge on any atom is 0.410 e. The number of anilines is 1. The predicted octanol–water partition coefficient (Wildman–Crippen LogP) is 4.95. The monoisotopic (exact) mass is 502 g/mol. The highest BCUT2D eigenvalue weighted by Gasteiger charge is 2.27. The number of aliphatic hydroxyl groups is 1. The van der Waals surface area contributed by atoms with Gasteiger partial charge >= 0.3 is 6.09 Å². The number of aliphatic hydroxyl groups excluding tert-OH is 1. The SMILES string of the molecule is CC(C)(C)OC(=O)N1CCN(c2ccc([N+](=O)[O-])c(CC(O)c3ccc4ccc(C#N)cc4c3)c2)CC1. The smallest absolute Gasteiger partial charge is 0.410 e. The lowest BCUT2D eigenvalue weighted by atomic mass is 9.96. The molecular formula is C28H30N4O5. The van der Waals surface area contributed by atoms with E-state index in [-0.39, 0.29) is 18.2 Å². The van der Waals surface area contributed by atoms with Gasteiger partial charge in [0.2, 0.25) is 0 Å². The Kier molecular flexibility index (Phi) is 7.32. The molecule has 0 spiro atoms. The third-order valence-electron chi connectivity index (χ3n) is 6.35. The Morgan fingerprint density at radius 3 is 2.43 bits per heavy atom. The van der Waals surface area contributed by atoms with Crippen LogP contribution in [0, 0.1) is 21.4 Å². The Morgan fingerprint density at radius 2 is 1.78 bits per heavy atom. The van der Waals surface area contributed by atoms with Gasteiger partial charge in [-0.1, -0.05) is 18.2 Å². The van der Waals surface area contributed by atoms with Crippen molar-refractivity contribution < 1.29 is 19.6 Å². The summed E-state index contributed by atoms with van der Waals surface area (Å²) >= 11 is 0. The molecule has 9 nitrogen and oxygen atoms in total. The molecule has 0 aliphatic carbocycles. The van der Waals surface area contributed by atoms with Gasteiger partial charge in [0.1, 0.15) is 5.60 Å². The van der Waals surface area contributed by atoms with Gasteiger partial charge in [-0.15, -0.1) is 0 Å². The van der Waals surface area contributed by atoms with E-state index in [0.717, 1.165) is 16.5 Å². The summed E-state index contributed by atoms with van der Waals surface area (Å²) in [7, 11) is 0. The first kappa shape index (κ1) is 25.9. The van der Waals surface area contributed by atoms with Crippen molar-refractivity contribution in [2.45, 2.75) is 38.9 Å². The molecule has 1 heterocycles. The Labute approximate surface area is 215 Å². The van der Waals surface area contributed by atoms with Gasteiger partial charge in [0.15, 0.2) is 0 Å². The standard InChI is InChI=1S/C28H30N4O5/c1-28(2,3)37-27(34)31-12-10-30(11-13-31)24-8-9-25(32(35)36)23(16-24)17-26(33)21-7-6-20-5-4-19(18-29)14-22(20)15-21/h4-9,14-16,26,33H,10-13,17H2,1-3H3. The van der Waals surface area contributed by atoms with E-state index in [0.29, 0.717) is 42.9 Å². The van der Waals surface area contributed by atoms with Crippen LogP contribution in [0.3, 0.4) is 0 Å². The number of nitriles is 1. The molecule has 1 N–H and O–H groups in total. The van der Waals surface area contributed by atoms with E-state index in [9.17, 15) is 25.3 Å². The summed E-state index contributed by atoms with van der Waals surface area (Å²) in [4.78, 5) is 27.4. The highest BCUT2D eigenvalue weighted by molar-refractivity contribution is 5.84. The van der Waals surface area contributed by atoms with Gasteiger partial charge < -0.3 is 19.6 Å². The zero-order chi connectivity index (χ0) is 26.7. The molecule has 1 saturated heterocycles. The van der Waals surface area contributed by atoms with E-state index in [1.165, 1.54) is 6.07 Å².